The van der Waals surface area contributed by atoms with Gasteiger partial charge in [-0.2, -0.15) is 0 Å². The minimum atomic E-state index is -0.833. The Kier molecular flexibility index (Phi) is 2.20. The van der Waals surface area contributed by atoms with Crippen molar-refractivity contribution in [2.45, 2.75) is 0 Å². The van der Waals surface area contributed by atoms with Gasteiger partial charge in [0.05, 0.1) is 6.57 Å². The number of nitrogens with zero attached hydrogens (tertiary/aromatic N) is 1. The van der Waals surface area contributed by atoms with Crippen molar-refractivity contribution in [3.63, 3.8) is 0 Å². The minimum absolute atomic E-state index is 0.102. The molecule has 0 saturated heterocycles. The Labute approximate surface area is 70.6 Å². The second kappa shape index (κ2) is 2.97. The molecule has 0 unspecified atom stereocenters. The van der Waals surface area contributed by atoms with Crippen LogP contribution in [0.5, 0.6) is 0 Å². The van der Waals surface area contributed by atoms with Gasteiger partial charge in [-0.25, -0.2) is 13.6 Å². The van der Waals surface area contributed by atoms with Gasteiger partial charge in [0.25, 0.3) is 0 Å². The monoisotopic (exact) mass is 217 g/mol. The fourth-order valence-electron chi connectivity index (χ4n) is 0.598. The molecule has 0 radical (unpaired) electrons. The molecule has 0 amide bonds. The van der Waals surface area contributed by atoms with Crippen LogP contribution in [0.1, 0.15) is 0 Å². The van der Waals surface area contributed by atoms with Crippen molar-refractivity contribution in [1.82, 2.24) is 0 Å². The van der Waals surface area contributed by atoms with Crippen LogP contribution in [0.3, 0.4) is 0 Å². The second-order valence-corrected chi connectivity index (χ2v) is 2.68. The first-order chi connectivity index (χ1) is 5.15. The van der Waals surface area contributed by atoms with Gasteiger partial charge in [-0.1, -0.05) is 0 Å². The number of hydrogen-bond donors (Lipinski definition) is 0. The number of benzene rings is 1. The highest BCUT2D eigenvalue weighted by molar-refractivity contribution is 9.10. The third-order valence-corrected chi connectivity index (χ3v) is 1.72. The summed E-state index contributed by atoms with van der Waals surface area (Å²) in [5.74, 6) is -1.53. The van der Waals surface area contributed by atoms with Crippen molar-refractivity contribution in [3.8, 4) is 0 Å². The fraction of sp³-hybridized carbons (Fsp3) is 0. The van der Waals surface area contributed by atoms with Crippen LogP contribution in [-0.4, -0.2) is 0 Å². The van der Waals surface area contributed by atoms with E-state index in [1.54, 1.807) is 0 Å². The summed E-state index contributed by atoms with van der Waals surface area (Å²) >= 11 is 2.84. The van der Waals surface area contributed by atoms with E-state index in [4.69, 9.17) is 6.57 Å². The molecular weight excluding hydrogens is 216 g/mol. The Morgan fingerprint density at radius 3 is 2.45 bits per heavy atom. The maximum atomic E-state index is 12.6. The molecule has 1 rings (SSSR count). The summed E-state index contributed by atoms with van der Waals surface area (Å²) < 4.78 is 25.2. The first-order valence-electron chi connectivity index (χ1n) is 2.67. The van der Waals surface area contributed by atoms with E-state index in [9.17, 15) is 8.78 Å². The molecule has 0 aromatic heterocycles. The highest BCUT2D eigenvalue weighted by Gasteiger charge is 2.06. The Morgan fingerprint density at radius 2 is 1.91 bits per heavy atom. The van der Waals surface area contributed by atoms with E-state index in [0.717, 1.165) is 6.07 Å². The van der Waals surface area contributed by atoms with Crippen LogP contribution >= 0.6 is 15.9 Å². The zero-order valence-electron chi connectivity index (χ0n) is 5.24. The van der Waals surface area contributed by atoms with Crippen molar-refractivity contribution >= 4 is 21.6 Å². The van der Waals surface area contributed by atoms with Gasteiger partial charge in [0.2, 0.25) is 5.69 Å². The SMILES string of the molecule is [C-]#[N+]c1cc(Br)c(F)cc1F. The van der Waals surface area contributed by atoms with Crippen molar-refractivity contribution in [1.29, 1.82) is 0 Å². The van der Waals surface area contributed by atoms with E-state index in [1.807, 2.05) is 0 Å². The van der Waals surface area contributed by atoms with Crippen LogP contribution in [0.4, 0.5) is 14.5 Å². The van der Waals surface area contributed by atoms with E-state index in [1.165, 1.54) is 0 Å². The van der Waals surface area contributed by atoms with Gasteiger partial charge in [0.15, 0.2) is 0 Å². The summed E-state index contributed by atoms with van der Waals surface area (Å²) in [5.41, 5.74) is -0.182. The Balaban J connectivity index is 3.35. The Morgan fingerprint density at radius 1 is 1.27 bits per heavy atom. The van der Waals surface area contributed by atoms with Crippen LogP contribution in [0.15, 0.2) is 16.6 Å². The molecule has 0 aliphatic rings. The van der Waals surface area contributed by atoms with Crippen LogP contribution in [0.2, 0.25) is 0 Å². The fourth-order valence-corrected chi connectivity index (χ4v) is 0.929. The van der Waals surface area contributed by atoms with Crippen molar-refractivity contribution in [2.24, 2.45) is 0 Å². The number of halogens is 3. The topological polar surface area (TPSA) is 4.36 Å². The largest absolute Gasteiger partial charge is 0.235 e. The number of rotatable bonds is 0. The van der Waals surface area contributed by atoms with Crippen LogP contribution in [-0.2, 0) is 0 Å². The molecular formula is C7H2BrF2N. The zero-order valence-corrected chi connectivity index (χ0v) is 6.82. The molecule has 4 heteroatoms. The Hall–Kier alpha value is -0.950. The molecule has 0 aliphatic carbocycles. The van der Waals surface area contributed by atoms with Crippen LogP contribution in [0.25, 0.3) is 4.85 Å². The van der Waals surface area contributed by atoms with Crippen molar-refractivity contribution in [2.75, 3.05) is 0 Å². The standard InChI is InChI=1S/C7H2BrF2N/c1-11-7-2-4(8)5(9)3-6(7)10/h2-3H. The van der Waals surface area contributed by atoms with Gasteiger partial charge in [-0.3, -0.25) is 0 Å². The van der Waals surface area contributed by atoms with E-state index < -0.39 is 11.6 Å². The van der Waals surface area contributed by atoms with Gasteiger partial charge >= 0.3 is 0 Å². The smallest absolute Gasteiger partial charge is 0.223 e. The molecule has 0 saturated carbocycles. The summed E-state index contributed by atoms with van der Waals surface area (Å²) in [5, 5.41) is 0. The normalized spacial score (nSPS) is 9.27. The molecule has 0 bridgehead atoms. The molecule has 0 aliphatic heterocycles. The van der Waals surface area contributed by atoms with Gasteiger partial charge in [-0.15, -0.1) is 0 Å². The van der Waals surface area contributed by atoms with Crippen LogP contribution < -0.4 is 0 Å². The molecule has 1 aromatic carbocycles. The van der Waals surface area contributed by atoms with Gasteiger partial charge < -0.3 is 0 Å². The molecule has 1 nitrogen and oxygen atoms in total. The summed E-state index contributed by atoms with van der Waals surface area (Å²) in [4.78, 5) is 2.85. The first-order valence-corrected chi connectivity index (χ1v) is 3.46. The lowest BCUT2D eigenvalue weighted by Gasteiger charge is -1.95. The lowest BCUT2D eigenvalue weighted by atomic mass is 10.3. The molecule has 0 atom stereocenters. The third-order valence-electron chi connectivity index (χ3n) is 1.11. The summed E-state index contributed by atoms with van der Waals surface area (Å²) in [7, 11) is 0. The van der Waals surface area contributed by atoms with Crippen LogP contribution in [0, 0.1) is 18.2 Å². The van der Waals surface area contributed by atoms with E-state index in [0.29, 0.717) is 6.07 Å². The second-order valence-electron chi connectivity index (χ2n) is 1.83. The van der Waals surface area contributed by atoms with Crippen molar-refractivity contribution < 1.29 is 8.78 Å². The third kappa shape index (κ3) is 1.55. The summed E-state index contributed by atoms with van der Waals surface area (Å²) in [6.45, 7) is 6.49. The maximum absolute atomic E-state index is 12.6. The maximum Gasteiger partial charge on any atom is 0.223 e. The predicted molar refractivity (Wildman–Crippen MR) is 40.3 cm³/mol. The summed E-state index contributed by atoms with van der Waals surface area (Å²) in [6, 6.07) is 1.79. The Bertz CT molecular complexity index is 330. The highest BCUT2D eigenvalue weighted by atomic mass is 79.9. The lowest BCUT2D eigenvalue weighted by Crippen LogP contribution is -1.80. The summed E-state index contributed by atoms with van der Waals surface area (Å²) in [6.07, 6.45) is 0. The quantitative estimate of drug-likeness (QED) is 0.464. The van der Waals surface area contributed by atoms with E-state index in [2.05, 4.69) is 20.8 Å². The molecule has 1 aromatic rings. The molecule has 0 spiro atoms. The zero-order chi connectivity index (χ0) is 8.43. The molecule has 0 heterocycles. The van der Waals surface area contributed by atoms with Gasteiger partial charge in [0, 0.05) is 4.47 Å². The molecule has 56 valence electrons. The molecule has 0 fully saturated rings. The lowest BCUT2D eigenvalue weighted by molar-refractivity contribution is 0.582. The average molecular weight is 218 g/mol. The van der Waals surface area contributed by atoms with Gasteiger partial charge in [-0.05, 0) is 28.1 Å². The minimum Gasteiger partial charge on any atom is -0.235 e. The highest BCUT2D eigenvalue weighted by Crippen LogP contribution is 2.25. The van der Waals surface area contributed by atoms with E-state index in [-0.39, 0.29) is 10.2 Å². The predicted octanol–water partition coefficient (Wildman–Crippen LogP) is 3.28. The first kappa shape index (κ1) is 8.15. The average Bonchev–Trinajstić information content (AvgIpc) is 1.97. The number of hydrogen-bond acceptors (Lipinski definition) is 0. The van der Waals surface area contributed by atoms with Crippen molar-refractivity contribution in [3.05, 3.63) is 39.7 Å². The van der Waals surface area contributed by atoms with E-state index >= 15 is 0 Å². The molecule has 11 heavy (non-hydrogen) atoms. The van der Waals surface area contributed by atoms with Gasteiger partial charge in [0.1, 0.15) is 11.6 Å². The molecule has 0 N–H and O–H groups in total.